The molecule has 2 amide bonds. The van der Waals surface area contributed by atoms with E-state index in [1.54, 1.807) is 18.2 Å². The number of carbonyl (C=O) groups is 2. The lowest BCUT2D eigenvalue weighted by molar-refractivity contribution is -0.123. The molecule has 0 atom stereocenters. The molecule has 2 N–H and O–H groups in total. The standard InChI is InChI=1S/C20H22Br2N2O3/c1-12-5-8-17(16(22)9-12)27-11-18(25)23-24-19(26)13-6-7-14(15(21)10-13)20(2,3)4/h5-10H,11H2,1-4H3,(H,23,25)(H,24,26). The van der Waals surface area contributed by atoms with E-state index in [1.807, 2.05) is 25.1 Å². The van der Waals surface area contributed by atoms with Crippen LogP contribution in [0.15, 0.2) is 45.3 Å². The SMILES string of the molecule is Cc1ccc(OCC(=O)NNC(=O)c2ccc(C(C)(C)C)c(Br)c2)c(Br)c1. The van der Waals surface area contributed by atoms with Crippen LogP contribution in [0.4, 0.5) is 0 Å². The molecular weight excluding hydrogens is 476 g/mol. The average Bonchev–Trinajstić information content (AvgIpc) is 2.57. The summed E-state index contributed by atoms with van der Waals surface area (Å²) in [7, 11) is 0. The zero-order chi connectivity index (χ0) is 20.2. The summed E-state index contributed by atoms with van der Waals surface area (Å²) in [6, 6.07) is 10.9. The summed E-state index contributed by atoms with van der Waals surface area (Å²) in [5.41, 5.74) is 7.32. The Morgan fingerprint density at radius 3 is 2.30 bits per heavy atom. The van der Waals surface area contributed by atoms with Gasteiger partial charge in [-0.2, -0.15) is 0 Å². The van der Waals surface area contributed by atoms with Gasteiger partial charge in [-0.25, -0.2) is 0 Å². The average molecular weight is 498 g/mol. The zero-order valence-electron chi connectivity index (χ0n) is 15.7. The van der Waals surface area contributed by atoms with E-state index in [1.165, 1.54) is 0 Å². The molecule has 7 heteroatoms. The lowest BCUT2D eigenvalue weighted by Gasteiger charge is -2.21. The molecule has 0 aliphatic carbocycles. The fourth-order valence-electron chi connectivity index (χ4n) is 2.37. The van der Waals surface area contributed by atoms with Crippen LogP contribution in [0, 0.1) is 6.92 Å². The number of carbonyl (C=O) groups excluding carboxylic acids is 2. The van der Waals surface area contributed by atoms with Gasteiger partial charge in [0.1, 0.15) is 5.75 Å². The first kappa shape index (κ1) is 21.4. The maximum Gasteiger partial charge on any atom is 0.276 e. The Morgan fingerprint density at radius 2 is 1.70 bits per heavy atom. The van der Waals surface area contributed by atoms with Crippen LogP contribution < -0.4 is 15.6 Å². The third-order valence-electron chi connectivity index (χ3n) is 3.80. The van der Waals surface area contributed by atoms with E-state index in [0.29, 0.717) is 11.3 Å². The molecule has 0 bridgehead atoms. The van der Waals surface area contributed by atoms with E-state index in [9.17, 15) is 9.59 Å². The highest BCUT2D eigenvalue weighted by Crippen LogP contribution is 2.30. The largest absolute Gasteiger partial charge is 0.483 e. The minimum Gasteiger partial charge on any atom is -0.483 e. The summed E-state index contributed by atoms with van der Waals surface area (Å²) >= 11 is 6.89. The monoisotopic (exact) mass is 496 g/mol. The van der Waals surface area contributed by atoms with Crippen molar-refractivity contribution in [1.82, 2.24) is 10.9 Å². The van der Waals surface area contributed by atoms with Crippen molar-refractivity contribution in [3.63, 3.8) is 0 Å². The second-order valence-corrected chi connectivity index (χ2v) is 8.88. The molecule has 0 aliphatic heterocycles. The van der Waals surface area contributed by atoms with Crippen LogP contribution in [0.25, 0.3) is 0 Å². The number of hydrogen-bond acceptors (Lipinski definition) is 3. The summed E-state index contributed by atoms with van der Waals surface area (Å²) < 4.78 is 7.06. The lowest BCUT2D eigenvalue weighted by atomic mass is 9.86. The molecule has 5 nitrogen and oxygen atoms in total. The van der Waals surface area contributed by atoms with Crippen LogP contribution in [-0.4, -0.2) is 18.4 Å². The normalized spacial score (nSPS) is 11.0. The van der Waals surface area contributed by atoms with E-state index >= 15 is 0 Å². The molecule has 0 aromatic heterocycles. The van der Waals surface area contributed by atoms with Crippen molar-refractivity contribution in [1.29, 1.82) is 0 Å². The second-order valence-electron chi connectivity index (χ2n) is 7.17. The number of amides is 2. The van der Waals surface area contributed by atoms with Gasteiger partial charge in [-0.1, -0.05) is 48.8 Å². The number of aryl methyl sites for hydroxylation is 1. The van der Waals surface area contributed by atoms with E-state index in [0.717, 1.165) is 20.1 Å². The molecule has 2 rings (SSSR count). The molecule has 0 spiro atoms. The van der Waals surface area contributed by atoms with Gasteiger partial charge in [0.2, 0.25) is 0 Å². The Labute approximate surface area is 176 Å². The predicted octanol–water partition coefficient (Wildman–Crippen LogP) is 4.66. The maximum absolute atomic E-state index is 12.2. The smallest absolute Gasteiger partial charge is 0.276 e. The zero-order valence-corrected chi connectivity index (χ0v) is 18.8. The highest BCUT2D eigenvalue weighted by Gasteiger charge is 2.18. The molecule has 0 saturated heterocycles. The van der Waals surface area contributed by atoms with Crippen molar-refractivity contribution in [3.05, 3.63) is 62.0 Å². The third kappa shape index (κ3) is 6.07. The Bertz CT molecular complexity index is 861. The summed E-state index contributed by atoms with van der Waals surface area (Å²) in [5, 5.41) is 0. The van der Waals surface area contributed by atoms with Gasteiger partial charge in [0, 0.05) is 10.0 Å². The van der Waals surface area contributed by atoms with E-state index < -0.39 is 11.8 Å². The van der Waals surface area contributed by atoms with Crippen molar-refractivity contribution in [3.8, 4) is 5.75 Å². The van der Waals surface area contributed by atoms with Crippen LogP contribution >= 0.6 is 31.9 Å². The van der Waals surface area contributed by atoms with Crippen molar-refractivity contribution < 1.29 is 14.3 Å². The molecule has 0 saturated carbocycles. The summed E-state index contributed by atoms with van der Waals surface area (Å²) in [6.45, 7) is 8.04. The third-order valence-corrected chi connectivity index (χ3v) is 5.08. The molecule has 2 aromatic rings. The molecule has 0 fully saturated rings. The van der Waals surface area contributed by atoms with Gasteiger partial charge in [-0.3, -0.25) is 20.4 Å². The van der Waals surface area contributed by atoms with Crippen LogP contribution in [0.2, 0.25) is 0 Å². The van der Waals surface area contributed by atoms with Crippen LogP contribution in [-0.2, 0) is 10.2 Å². The predicted molar refractivity (Wildman–Crippen MR) is 113 cm³/mol. The highest BCUT2D eigenvalue weighted by molar-refractivity contribution is 9.10. The summed E-state index contributed by atoms with van der Waals surface area (Å²) in [5.74, 6) is -0.300. The Balaban J connectivity index is 1.89. The molecule has 2 aromatic carbocycles. The van der Waals surface area contributed by atoms with Crippen molar-refractivity contribution in [2.24, 2.45) is 0 Å². The number of halogens is 2. The fraction of sp³-hybridized carbons (Fsp3) is 0.300. The molecule has 0 aliphatic rings. The number of hydrogen-bond donors (Lipinski definition) is 2. The van der Waals surface area contributed by atoms with Crippen LogP contribution in [0.3, 0.4) is 0 Å². The quantitative estimate of drug-likeness (QED) is 0.604. The highest BCUT2D eigenvalue weighted by atomic mass is 79.9. The molecule has 144 valence electrons. The molecule has 0 heterocycles. The van der Waals surface area contributed by atoms with E-state index in [-0.39, 0.29) is 12.0 Å². The first-order chi connectivity index (χ1) is 12.6. The number of nitrogens with one attached hydrogen (secondary N) is 2. The topological polar surface area (TPSA) is 67.4 Å². The van der Waals surface area contributed by atoms with Gasteiger partial charge in [0.05, 0.1) is 4.47 Å². The van der Waals surface area contributed by atoms with Gasteiger partial charge in [-0.05, 0) is 63.7 Å². The molecule has 0 radical (unpaired) electrons. The number of ether oxygens (including phenoxy) is 1. The van der Waals surface area contributed by atoms with Gasteiger partial charge in [-0.15, -0.1) is 0 Å². The van der Waals surface area contributed by atoms with Gasteiger partial charge < -0.3 is 4.74 Å². The van der Waals surface area contributed by atoms with Crippen LogP contribution in [0.5, 0.6) is 5.75 Å². The molecule has 0 unspecified atom stereocenters. The van der Waals surface area contributed by atoms with Gasteiger partial charge in [0.25, 0.3) is 11.8 Å². The summed E-state index contributed by atoms with van der Waals surface area (Å²) in [4.78, 5) is 24.1. The van der Waals surface area contributed by atoms with E-state index in [4.69, 9.17) is 4.74 Å². The number of rotatable bonds is 4. The molecular formula is C20H22Br2N2O3. The van der Waals surface area contributed by atoms with Crippen LogP contribution in [0.1, 0.15) is 42.3 Å². The minimum atomic E-state index is -0.457. The minimum absolute atomic E-state index is 0.0380. The maximum atomic E-state index is 12.2. The summed E-state index contributed by atoms with van der Waals surface area (Å²) in [6.07, 6.45) is 0. The van der Waals surface area contributed by atoms with Gasteiger partial charge in [0.15, 0.2) is 6.61 Å². The number of benzene rings is 2. The Kier molecular flexibility index (Phi) is 7.06. The lowest BCUT2D eigenvalue weighted by Crippen LogP contribution is -2.43. The second kappa shape index (κ2) is 8.89. The van der Waals surface area contributed by atoms with Crippen molar-refractivity contribution in [2.75, 3.05) is 6.61 Å². The first-order valence-electron chi connectivity index (χ1n) is 8.36. The number of hydrazine groups is 1. The van der Waals surface area contributed by atoms with Crippen molar-refractivity contribution >= 4 is 43.7 Å². The van der Waals surface area contributed by atoms with E-state index in [2.05, 4.69) is 63.5 Å². The molecule has 27 heavy (non-hydrogen) atoms. The first-order valence-corrected chi connectivity index (χ1v) is 9.94. The fourth-order valence-corrected chi connectivity index (χ4v) is 3.95. The van der Waals surface area contributed by atoms with Gasteiger partial charge >= 0.3 is 0 Å². The van der Waals surface area contributed by atoms with Crippen molar-refractivity contribution in [2.45, 2.75) is 33.1 Å². The Morgan fingerprint density at radius 1 is 1.00 bits per heavy atom. The Hall–Kier alpha value is -1.86.